The predicted molar refractivity (Wildman–Crippen MR) is 112 cm³/mol. The van der Waals surface area contributed by atoms with Crippen molar-refractivity contribution in [1.82, 2.24) is 5.32 Å². The lowest BCUT2D eigenvalue weighted by Crippen LogP contribution is -2.38. The van der Waals surface area contributed by atoms with Gasteiger partial charge in [-0.05, 0) is 35.6 Å². The number of hydrogen-bond acceptors (Lipinski definition) is 5. The molecule has 156 valence electrons. The van der Waals surface area contributed by atoms with Crippen LogP contribution in [0.15, 0.2) is 53.7 Å². The van der Waals surface area contributed by atoms with Crippen LogP contribution in [0.4, 0.5) is 0 Å². The molecule has 0 saturated carbocycles. The highest BCUT2D eigenvalue weighted by atomic mass is 16.5. The van der Waals surface area contributed by atoms with Gasteiger partial charge in [0.15, 0.2) is 17.3 Å². The average molecular weight is 407 g/mol. The molecule has 4 rings (SSSR count). The monoisotopic (exact) mass is 407 g/mol. The van der Waals surface area contributed by atoms with E-state index in [0.717, 1.165) is 22.4 Å². The third-order valence-electron chi connectivity index (χ3n) is 5.90. The lowest BCUT2D eigenvalue weighted by molar-refractivity contribution is -0.122. The molecule has 0 saturated heterocycles. The second-order valence-corrected chi connectivity index (χ2v) is 7.59. The van der Waals surface area contributed by atoms with Crippen LogP contribution in [-0.4, -0.2) is 33.0 Å². The summed E-state index contributed by atoms with van der Waals surface area (Å²) in [6.07, 6.45) is 1.24. The Morgan fingerprint density at radius 2 is 1.50 bits per heavy atom. The van der Waals surface area contributed by atoms with E-state index in [4.69, 9.17) is 14.2 Å². The van der Waals surface area contributed by atoms with Gasteiger partial charge in [0, 0.05) is 30.0 Å². The van der Waals surface area contributed by atoms with Gasteiger partial charge in [-0.2, -0.15) is 0 Å². The van der Waals surface area contributed by atoms with E-state index >= 15 is 0 Å². The lowest BCUT2D eigenvalue weighted by atomic mass is 9.73. The van der Waals surface area contributed by atoms with Crippen LogP contribution in [0.25, 0.3) is 0 Å². The van der Waals surface area contributed by atoms with E-state index in [1.807, 2.05) is 42.5 Å². The summed E-state index contributed by atoms with van der Waals surface area (Å²) in [7, 11) is 4.70. The zero-order chi connectivity index (χ0) is 21.3. The van der Waals surface area contributed by atoms with Gasteiger partial charge in [0.25, 0.3) is 0 Å². The van der Waals surface area contributed by atoms with E-state index in [0.29, 0.717) is 36.5 Å². The first kappa shape index (κ1) is 20.0. The van der Waals surface area contributed by atoms with Crippen molar-refractivity contribution in [3.05, 3.63) is 64.9 Å². The number of amides is 1. The highest BCUT2D eigenvalue weighted by molar-refractivity contribution is 6.02. The molecule has 30 heavy (non-hydrogen) atoms. The van der Waals surface area contributed by atoms with Crippen LogP contribution in [-0.2, 0) is 9.59 Å². The first-order valence-corrected chi connectivity index (χ1v) is 9.96. The van der Waals surface area contributed by atoms with Crippen LogP contribution < -0.4 is 19.5 Å². The molecule has 2 aromatic carbocycles. The lowest BCUT2D eigenvalue weighted by Gasteiger charge is -2.34. The van der Waals surface area contributed by atoms with Crippen molar-refractivity contribution in [2.45, 2.75) is 31.1 Å². The Labute approximate surface area is 175 Å². The highest BCUT2D eigenvalue weighted by Crippen LogP contribution is 2.46. The Morgan fingerprint density at radius 1 is 0.833 bits per heavy atom. The third kappa shape index (κ3) is 3.54. The van der Waals surface area contributed by atoms with Gasteiger partial charge in [-0.3, -0.25) is 9.59 Å². The van der Waals surface area contributed by atoms with Crippen LogP contribution in [0.5, 0.6) is 17.2 Å². The summed E-state index contributed by atoms with van der Waals surface area (Å²) in [4.78, 5) is 25.7. The molecule has 0 bridgehead atoms. The minimum Gasteiger partial charge on any atom is -0.493 e. The molecule has 2 aromatic rings. The molecular formula is C24H25NO5. The third-order valence-corrected chi connectivity index (χ3v) is 5.90. The van der Waals surface area contributed by atoms with E-state index in [1.165, 1.54) is 0 Å². The molecule has 0 unspecified atom stereocenters. The normalized spacial score (nSPS) is 21.0. The van der Waals surface area contributed by atoms with Gasteiger partial charge < -0.3 is 19.5 Å². The first-order chi connectivity index (χ1) is 14.5. The Hall–Kier alpha value is -3.28. The molecule has 0 spiro atoms. The molecule has 1 amide bonds. The van der Waals surface area contributed by atoms with Gasteiger partial charge in [-0.15, -0.1) is 0 Å². The van der Waals surface area contributed by atoms with Crippen molar-refractivity contribution in [1.29, 1.82) is 0 Å². The molecule has 1 aliphatic carbocycles. The minimum absolute atomic E-state index is 0.0547. The summed E-state index contributed by atoms with van der Waals surface area (Å²) in [6.45, 7) is 0. The number of carbonyl (C=O) groups is 2. The van der Waals surface area contributed by atoms with Crippen molar-refractivity contribution in [3.8, 4) is 17.2 Å². The number of benzene rings is 2. The van der Waals surface area contributed by atoms with Crippen molar-refractivity contribution < 1.29 is 23.8 Å². The van der Waals surface area contributed by atoms with Crippen molar-refractivity contribution in [2.24, 2.45) is 0 Å². The molecule has 1 aliphatic heterocycles. The van der Waals surface area contributed by atoms with Gasteiger partial charge in [0.1, 0.15) is 0 Å². The quantitative estimate of drug-likeness (QED) is 0.818. The van der Waals surface area contributed by atoms with E-state index < -0.39 is 0 Å². The Kier molecular flexibility index (Phi) is 5.48. The standard InChI is InChI=1S/C24H25NO5/c1-28-20-11-16(12-21(29-2)24(20)30-3)15-9-18-23(19(26)10-15)17(13-22(27)25-18)14-7-5-4-6-8-14/h4-8,11-12,15,17H,9-10,13H2,1-3H3,(H,25,27)/t15-,17-/m0/s1. The van der Waals surface area contributed by atoms with Gasteiger partial charge in [-0.25, -0.2) is 0 Å². The van der Waals surface area contributed by atoms with E-state index in [-0.39, 0.29) is 23.5 Å². The van der Waals surface area contributed by atoms with Crippen molar-refractivity contribution in [2.75, 3.05) is 21.3 Å². The molecule has 6 heteroatoms. The summed E-state index contributed by atoms with van der Waals surface area (Å²) in [5.74, 6) is 1.36. The average Bonchev–Trinajstić information content (AvgIpc) is 2.77. The van der Waals surface area contributed by atoms with Gasteiger partial charge in [-0.1, -0.05) is 30.3 Å². The van der Waals surface area contributed by atoms with Gasteiger partial charge >= 0.3 is 0 Å². The fourth-order valence-electron chi connectivity index (χ4n) is 4.50. The first-order valence-electron chi connectivity index (χ1n) is 9.96. The topological polar surface area (TPSA) is 73.9 Å². The van der Waals surface area contributed by atoms with Crippen LogP contribution in [0.2, 0.25) is 0 Å². The molecule has 2 aliphatic rings. The Morgan fingerprint density at radius 3 is 2.10 bits per heavy atom. The number of hydrogen-bond donors (Lipinski definition) is 1. The summed E-state index contributed by atoms with van der Waals surface area (Å²) in [5, 5.41) is 2.96. The zero-order valence-electron chi connectivity index (χ0n) is 17.4. The summed E-state index contributed by atoms with van der Waals surface area (Å²) in [5.41, 5.74) is 3.39. The van der Waals surface area contributed by atoms with Crippen molar-refractivity contribution >= 4 is 11.7 Å². The molecule has 0 aromatic heterocycles. The fraction of sp³-hybridized carbons (Fsp3) is 0.333. The summed E-state index contributed by atoms with van der Waals surface area (Å²) >= 11 is 0. The predicted octanol–water partition coefficient (Wildman–Crippen LogP) is 3.72. The molecular weight excluding hydrogens is 382 g/mol. The van der Waals surface area contributed by atoms with E-state index in [1.54, 1.807) is 21.3 Å². The number of ketones is 1. The minimum atomic E-state index is -0.191. The summed E-state index contributed by atoms with van der Waals surface area (Å²) in [6, 6.07) is 13.5. The second kappa shape index (κ2) is 8.22. The second-order valence-electron chi connectivity index (χ2n) is 7.59. The maximum atomic E-state index is 13.2. The van der Waals surface area contributed by atoms with E-state index in [9.17, 15) is 9.59 Å². The zero-order valence-corrected chi connectivity index (χ0v) is 17.4. The van der Waals surface area contributed by atoms with Crippen molar-refractivity contribution in [3.63, 3.8) is 0 Å². The Bertz CT molecular complexity index is 987. The number of carbonyl (C=O) groups excluding carboxylic acids is 2. The highest BCUT2D eigenvalue weighted by Gasteiger charge is 2.38. The smallest absolute Gasteiger partial charge is 0.225 e. The molecule has 0 radical (unpaired) electrons. The number of ether oxygens (including phenoxy) is 3. The van der Waals surface area contributed by atoms with Crippen LogP contribution in [0.1, 0.15) is 42.2 Å². The number of allylic oxidation sites excluding steroid dienone is 2. The molecule has 2 atom stereocenters. The maximum absolute atomic E-state index is 13.2. The number of nitrogens with one attached hydrogen (secondary N) is 1. The largest absolute Gasteiger partial charge is 0.493 e. The van der Waals surface area contributed by atoms with Crippen LogP contribution in [0, 0.1) is 0 Å². The number of methoxy groups -OCH3 is 3. The summed E-state index contributed by atoms with van der Waals surface area (Å²) < 4.78 is 16.3. The van der Waals surface area contributed by atoms with Crippen LogP contribution >= 0.6 is 0 Å². The maximum Gasteiger partial charge on any atom is 0.225 e. The van der Waals surface area contributed by atoms with Gasteiger partial charge in [0.2, 0.25) is 11.7 Å². The molecule has 0 fully saturated rings. The van der Waals surface area contributed by atoms with Gasteiger partial charge in [0.05, 0.1) is 21.3 Å². The molecule has 6 nitrogen and oxygen atoms in total. The fourth-order valence-corrected chi connectivity index (χ4v) is 4.50. The van der Waals surface area contributed by atoms with Crippen LogP contribution in [0.3, 0.4) is 0 Å². The molecule has 1 N–H and O–H groups in total. The Balaban J connectivity index is 1.72. The van der Waals surface area contributed by atoms with E-state index in [2.05, 4.69) is 5.32 Å². The molecule has 1 heterocycles. The SMILES string of the molecule is COc1cc([C@@H]2CC(=O)C3=C(C2)NC(=O)C[C@H]3c2ccccc2)cc(OC)c1OC. The number of Topliss-reactive ketones (excluding diaryl/α,β-unsaturated/α-hetero) is 1. The number of rotatable bonds is 5.